The molecule has 11 nitrogen and oxygen atoms in total. The molecule has 0 bridgehead atoms. The van der Waals surface area contributed by atoms with E-state index in [0.717, 1.165) is 40.3 Å². The van der Waals surface area contributed by atoms with Crippen LogP contribution in [0.15, 0.2) is 36.4 Å². The summed E-state index contributed by atoms with van der Waals surface area (Å²) in [5, 5.41) is 12.0. The van der Waals surface area contributed by atoms with Crippen LogP contribution in [-0.2, 0) is 32.0 Å². The van der Waals surface area contributed by atoms with E-state index in [1.165, 1.54) is 0 Å². The summed E-state index contributed by atoms with van der Waals surface area (Å²) in [6, 6.07) is 14.2. The zero-order chi connectivity index (χ0) is 45.3. The van der Waals surface area contributed by atoms with E-state index in [-0.39, 0.29) is 51.8 Å². The first-order valence-electron chi connectivity index (χ1n) is 22.8. The van der Waals surface area contributed by atoms with Gasteiger partial charge in [0.1, 0.15) is 26.1 Å². The van der Waals surface area contributed by atoms with E-state index in [0.29, 0.717) is 54.1 Å². The molecule has 1 saturated carbocycles. The monoisotopic (exact) mass is 885 g/mol. The first kappa shape index (κ1) is 46.6. The van der Waals surface area contributed by atoms with E-state index in [1.807, 2.05) is 31.7 Å². The Balaban J connectivity index is 1.23. The number of nitriles is 1. The van der Waals surface area contributed by atoms with Crippen molar-refractivity contribution < 1.29 is 37.3 Å². The van der Waals surface area contributed by atoms with Crippen LogP contribution in [0.4, 0.5) is 19.4 Å². The number of benzene rings is 2. The summed E-state index contributed by atoms with van der Waals surface area (Å²) in [7, 11) is -2.04. The molecule has 0 spiro atoms. The number of amides is 1. The number of fused-ring (bicyclic) bond motifs is 2. The second-order valence-electron chi connectivity index (χ2n) is 19.9. The minimum Gasteiger partial charge on any atom is -0.462 e. The van der Waals surface area contributed by atoms with Gasteiger partial charge in [0, 0.05) is 55.6 Å². The third-order valence-corrected chi connectivity index (χ3v) is 19.8. The van der Waals surface area contributed by atoms with Crippen molar-refractivity contribution in [1.29, 1.82) is 5.26 Å². The van der Waals surface area contributed by atoms with Crippen LogP contribution >= 0.6 is 0 Å². The summed E-state index contributed by atoms with van der Waals surface area (Å²) in [6.07, 6.45) is 1.19. The molecule has 1 amide bonds. The Morgan fingerprint density at radius 3 is 2.35 bits per heavy atom. The van der Waals surface area contributed by atoms with E-state index < -0.39 is 49.5 Å². The Morgan fingerprint density at radius 2 is 1.71 bits per heavy atom. The lowest BCUT2D eigenvalue weighted by atomic mass is 9.92. The number of aromatic nitrogens is 2. The van der Waals surface area contributed by atoms with Crippen LogP contribution in [0.25, 0.3) is 10.8 Å². The van der Waals surface area contributed by atoms with Crippen LogP contribution in [0.1, 0.15) is 123 Å². The summed E-state index contributed by atoms with van der Waals surface area (Å²) in [5.41, 5.74) is 6.54. The van der Waals surface area contributed by atoms with Gasteiger partial charge in [-0.15, -0.1) is 5.54 Å². The quantitative estimate of drug-likeness (QED) is 0.128. The molecular weight excluding hydrogens is 821 g/mol. The average Bonchev–Trinajstić information content (AvgIpc) is 3.80. The normalized spacial score (nSPS) is 23.6. The summed E-state index contributed by atoms with van der Waals surface area (Å²) < 4.78 is 60.6. The highest BCUT2D eigenvalue weighted by atomic mass is 28.3. The van der Waals surface area contributed by atoms with Crippen molar-refractivity contribution in [3.8, 4) is 23.5 Å². The fourth-order valence-electron chi connectivity index (χ4n) is 10.0. The predicted octanol–water partition coefficient (Wildman–Crippen LogP) is 10.3. The van der Waals surface area contributed by atoms with E-state index in [1.54, 1.807) is 4.90 Å². The molecule has 4 aliphatic rings. The zero-order valence-electron chi connectivity index (χ0n) is 38.6. The second kappa shape index (κ2) is 18.6. The number of rotatable bonds is 12. The Labute approximate surface area is 373 Å². The van der Waals surface area contributed by atoms with Gasteiger partial charge in [0.25, 0.3) is 5.92 Å². The summed E-state index contributed by atoms with van der Waals surface area (Å²) >= 11 is 0. The fourth-order valence-corrected chi connectivity index (χ4v) is 15.2. The van der Waals surface area contributed by atoms with Crippen LogP contribution in [0, 0.1) is 28.2 Å². The van der Waals surface area contributed by atoms with E-state index in [9.17, 15) is 10.1 Å². The minimum absolute atomic E-state index is 0.0198. The number of hydrogen-bond donors (Lipinski definition) is 0. The summed E-state index contributed by atoms with van der Waals surface area (Å²) in [6.45, 7) is 20.5. The van der Waals surface area contributed by atoms with Crippen molar-refractivity contribution in [2.45, 2.75) is 154 Å². The van der Waals surface area contributed by atoms with Crippen molar-refractivity contribution in [1.82, 2.24) is 14.9 Å². The highest BCUT2D eigenvalue weighted by molar-refractivity contribution is 6.90. The molecule has 0 N–H and O–H groups in total. The van der Waals surface area contributed by atoms with Crippen LogP contribution < -0.4 is 9.64 Å². The number of carbonyl (C=O) groups is 1. The van der Waals surface area contributed by atoms with Crippen LogP contribution in [0.3, 0.4) is 0 Å². The largest absolute Gasteiger partial charge is 0.462 e. The van der Waals surface area contributed by atoms with E-state index in [4.69, 9.17) is 33.7 Å². The number of nitrogens with zero attached hydrogens (tertiary/aromatic N) is 5. The van der Waals surface area contributed by atoms with Crippen LogP contribution in [0.2, 0.25) is 16.6 Å². The van der Waals surface area contributed by atoms with Gasteiger partial charge in [-0.05, 0) is 73.7 Å². The third-order valence-electron chi connectivity index (χ3n) is 13.5. The molecule has 2 aromatic carbocycles. The lowest BCUT2D eigenvalue weighted by Crippen LogP contribution is -2.56. The van der Waals surface area contributed by atoms with Gasteiger partial charge in [0.15, 0.2) is 6.29 Å². The molecule has 4 heterocycles. The molecule has 2 unspecified atom stereocenters. The predicted molar refractivity (Wildman–Crippen MR) is 241 cm³/mol. The van der Waals surface area contributed by atoms with Gasteiger partial charge in [0.05, 0.1) is 49.0 Å². The topological polar surface area (TPSA) is 119 Å². The SMILES string of the molecule is CC(C)[Si](C#Cc1cccc2cccc(C3Cc4nc(OC[C@]5(COC6CCCCO6)CC5(F)F)nc(N5CCN(C(=O)OC(C)(C)C)[C@@H](CC#N)C5)c4CO3)c12)(C(C)C)C(C)C. The summed E-state index contributed by atoms with van der Waals surface area (Å²) in [4.78, 5) is 26.8. The summed E-state index contributed by atoms with van der Waals surface area (Å²) in [5.74, 6) is 1.27. The fraction of sp³-hybridized carbons (Fsp3) is 0.633. The number of alkyl halides is 2. The lowest BCUT2D eigenvalue weighted by molar-refractivity contribution is -0.179. The smallest absolute Gasteiger partial charge is 0.410 e. The molecular formula is C49H65F2N5O6Si. The van der Waals surface area contributed by atoms with E-state index in [2.05, 4.69) is 89.4 Å². The van der Waals surface area contributed by atoms with Crippen molar-refractivity contribution in [3.63, 3.8) is 0 Å². The molecule has 0 radical (unpaired) electrons. The molecule has 2 saturated heterocycles. The van der Waals surface area contributed by atoms with Gasteiger partial charge in [-0.1, -0.05) is 77.8 Å². The maximum Gasteiger partial charge on any atom is 0.410 e. The standard InChI is InChI=1S/C49H65F2N5O6Si/c1-32(2)63(33(3)4,34(5)6)25-20-36-15-12-14-35-16-13-17-38(43(35)36)41-26-40-39(28-59-41)44(55-22-23-56(37(27-55)19-21-52)46(57)62-47(7,8)9)54-45(53-40)61-31-48(29-49(48,50)51)30-60-42-18-10-11-24-58-42/h12-17,32-34,37,41-42H,10-11,18-19,22-24,26-31H2,1-9H3/t37-,41?,42?,48+/m0/s1. The van der Waals surface area contributed by atoms with Gasteiger partial charge < -0.3 is 33.5 Å². The van der Waals surface area contributed by atoms with Crippen molar-refractivity contribution in [3.05, 3.63) is 58.8 Å². The first-order chi connectivity index (χ1) is 29.9. The van der Waals surface area contributed by atoms with Crippen LogP contribution in [-0.4, -0.2) is 92.3 Å². The maximum atomic E-state index is 15.2. The lowest BCUT2D eigenvalue weighted by Gasteiger charge is -2.42. The number of halogens is 2. The van der Waals surface area contributed by atoms with Gasteiger partial charge in [-0.2, -0.15) is 15.2 Å². The molecule has 7 rings (SSSR count). The van der Waals surface area contributed by atoms with Crippen molar-refractivity contribution in [2.24, 2.45) is 5.41 Å². The van der Waals surface area contributed by atoms with Crippen LogP contribution in [0.5, 0.6) is 6.01 Å². The number of hydrogen-bond acceptors (Lipinski definition) is 10. The molecule has 3 aliphatic heterocycles. The molecule has 1 aromatic heterocycles. The Morgan fingerprint density at radius 1 is 1.00 bits per heavy atom. The Hall–Kier alpha value is -4.34. The Kier molecular flexibility index (Phi) is 13.8. The highest BCUT2D eigenvalue weighted by Crippen LogP contribution is 2.61. The molecule has 63 heavy (non-hydrogen) atoms. The van der Waals surface area contributed by atoms with E-state index >= 15 is 8.78 Å². The molecule has 3 aromatic rings. The minimum atomic E-state index is -2.98. The highest BCUT2D eigenvalue weighted by Gasteiger charge is 2.72. The number of piperazine rings is 1. The molecule has 4 atom stereocenters. The number of carbonyl (C=O) groups excluding carboxylic acids is 1. The third kappa shape index (κ3) is 9.85. The Bertz CT molecular complexity index is 2220. The molecule has 1 aliphatic carbocycles. The molecule has 340 valence electrons. The zero-order valence-corrected chi connectivity index (χ0v) is 39.6. The number of anilines is 1. The molecule has 14 heteroatoms. The maximum absolute atomic E-state index is 15.2. The van der Waals surface area contributed by atoms with Crippen molar-refractivity contribution in [2.75, 3.05) is 44.4 Å². The van der Waals surface area contributed by atoms with Gasteiger partial charge in [-0.25, -0.2) is 13.6 Å². The van der Waals surface area contributed by atoms with Gasteiger partial charge in [-0.3, -0.25) is 0 Å². The first-order valence-corrected chi connectivity index (χ1v) is 25.0. The molecule has 3 fully saturated rings. The van der Waals surface area contributed by atoms with Gasteiger partial charge >= 0.3 is 12.1 Å². The van der Waals surface area contributed by atoms with Gasteiger partial charge in [0.2, 0.25) is 0 Å². The second-order valence-corrected chi connectivity index (χ2v) is 25.4. The number of ether oxygens (including phenoxy) is 5. The van der Waals surface area contributed by atoms with Crippen molar-refractivity contribution >= 4 is 30.8 Å². The average molecular weight is 886 g/mol.